The van der Waals surface area contributed by atoms with Crippen molar-refractivity contribution >= 4 is 23.5 Å². The highest BCUT2D eigenvalue weighted by atomic mass is 16.4. The second-order valence-electron chi connectivity index (χ2n) is 5.07. The van der Waals surface area contributed by atoms with E-state index in [4.69, 9.17) is 10.2 Å². The largest absolute Gasteiger partial charge is 0.480 e. The summed E-state index contributed by atoms with van der Waals surface area (Å²) in [6.07, 6.45) is 1.28. The van der Waals surface area contributed by atoms with Gasteiger partial charge in [0.2, 0.25) is 5.91 Å². The molecule has 126 valence electrons. The first-order chi connectivity index (χ1) is 10.8. The van der Waals surface area contributed by atoms with Crippen LogP contribution in [0.25, 0.3) is 0 Å². The van der Waals surface area contributed by atoms with Crippen LogP contribution in [0.4, 0.5) is 5.69 Å². The van der Waals surface area contributed by atoms with Crippen molar-refractivity contribution in [3.63, 3.8) is 0 Å². The van der Waals surface area contributed by atoms with Crippen molar-refractivity contribution in [1.82, 2.24) is 5.01 Å². The Kier molecular flexibility index (Phi) is 6.71. The lowest BCUT2D eigenvalue weighted by atomic mass is 10.0. The van der Waals surface area contributed by atoms with Crippen molar-refractivity contribution in [3.05, 3.63) is 29.3 Å². The van der Waals surface area contributed by atoms with Gasteiger partial charge in [0.05, 0.1) is 5.69 Å². The lowest BCUT2D eigenvalue weighted by molar-refractivity contribution is -0.142. The fraction of sp³-hybridized carbons (Fsp3) is 0.438. The van der Waals surface area contributed by atoms with Gasteiger partial charge in [-0.05, 0) is 24.0 Å². The number of anilines is 1. The fourth-order valence-electron chi connectivity index (χ4n) is 2.49. The van der Waals surface area contributed by atoms with E-state index in [0.717, 1.165) is 16.1 Å². The molecule has 0 saturated heterocycles. The van der Waals surface area contributed by atoms with Crippen molar-refractivity contribution in [3.8, 4) is 0 Å². The normalized spacial score (nSPS) is 10.6. The van der Waals surface area contributed by atoms with Crippen molar-refractivity contribution in [2.24, 2.45) is 0 Å². The molecule has 0 aliphatic heterocycles. The number of amides is 1. The predicted molar refractivity (Wildman–Crippen MR) is 85.2 cm³/mol. The molecular weight excluding hydrogens is 300 g/mol. The number of carboxylic acid groups (broad SMARTS) is 2. The molecule has 0 atom stereocenters. The molecule has 0 bridgehead atoms. The first-order valence-electron chi connectivity index (χ1n) is 7.41. The molecule has 0 aliphatic rings. The van der Waals surface area contributed by atoms with Crippen molar-refractivity contribution in [2.45, 2.75) is 33.6 Å². The number of aryl methyl sites for hydroxylation is 2. The molecule has 0 fully saturated rings. The Morgan fingerprint density at radius 1 is 0.957 bits per heavy atom. The van der Waals surface area contributed by atoms with E-state index in [1.807, 2.05) is 32.0 Å². The van der Waals surface area contributed by atoms with E-state index in [-0.39, 0.29) is 0 Å². The first-order valence-corrected chi connectivity index (χ1v) is 7.41. The minimum Gasteiger partial charge on any atom is -0.480 e. The molecular formula is C16H22N2O5. The summed E-state index contributed by atoms with van der Waals surface area (Å²) in [6, 6.07) is 5.58. The van der Waals surface area contributed by atoms with Crippen molar-refractivity contribution in [2.75, 3.05) is 18.1 Å². The van der Waals surface area contributed by atoms with E-state index in [1.165, 1.54) is 11.9 Å². The fourth-order valence-corrected chi connectivity index (χ4v) is 2.49. The summed E-state index contributed by atoms with van der Waals surface area (Å²) < 4.78 is 0. The maximum absolute atomic E-state index is 12.2. The summed E-state index contributed by atoms with van der Waals surface area (Å²) in [5.74, 6) is -2.84. The molecule has 1 amide bonds. The molecule has 0 saturated carbocycles. The molecule has 23 heavy (non-hydrogen) atoms. The summed E-state index contributed by atoms with van der Waals surface area (Å²) in [7, 11) is 0. The van der Waals surface area contributed by atoms with Gasteiger partial charge in [-0.3, -0.25) is 14.4 Å². The van der Waals surface area contributed by atoms with E-state index in [2.05, 4.69) is 0 Å². The Balaban J connectivity index is 3.46. The Bertz CT molecular complexity index is 562. The predicted octanol–water partition coefficient (Wildman–Crippen LogP) is 1.55. The van der Waals surface area contributed by atoms with Gasteiger partial charge >= 0.3 is 11.9 Å². The van der Waals surface area contributed by atoms with Gasteiger partial charge in [-0.1, -0.05) is 32.0 Å². The van der Waals surface area contributed by atoms with Crippen LogP contribution in [0.5, 0.6) is 0 Å². The molecule has 0 aromatic heterocycles. The van der Waals surface area contributed by atoms with Gasteiger partial charge < -0.3 is 10.2 Å². The number of hydrazine groups is 1. The van der Waals surface area contributed by atoms with Crippen LogP contribution >= 0.6 is 0 Å². The zero-order chi connectivity index (χ0) is 17.6. The quantitative estimate of drug-likeness (QED) is 0.705. The standard InChI is InChI=1S/C16H22N2O5/c1-4-12-7-6-8-13(5-2)16(12)18(11(3)19)17(9-14(20)21)10-15(22)23/h6-8H,4-5,9-10H2,1-3H3,(H,20,21)(H,22,23). The van der Waals surface area contributed by atoms with Gasteiger partial charge in [0, 0.05) is 6.92 Å². The molecule has 1 rings (SSSR count). The molecule has 0 heterocycles. The molecule has 7 nitrogen and oxygen atoms in total. The zero-order valence-electron chi connectivity index (χ0n) is 13.6. The summed E-state index contributed by atoms with van der Waals surface area (Å²) in [6.45, 7) is 3.99. The Hall–Kier alpha value is -2.41. The van der Waals surface area contributed by atoms with Crippen LogP contribution in [-0.4, -0.2) is 46.2 Å². The van der Waals surface area contributed by atoms with Gasteiger partial charge in [-0.2, -0.15) is 5.01 Å². The van der Waals surface area contributed by atoms with E-state index in [1.54, 1.807) is 0 Å². The third-order valence-electron chi connectivity index (χ3n) is 3.39. The first kappa shape index (κ1) is 18.6. The van der Waals surface area contributed by atoms with Gasteiger partial charge in [-0.25, -0.2) is 5.01 Å². The third-order valence-corrected chi connectivity index (χ3v) is 3.39. The molecule has 1 aromatic carbocycles. The third kappa shape index (κ3) is 4.79. The molecule has 0 aliphatic carbocycles. The lowest BCUT2D eigenvalue weighted by Crippen LogP contribution is -2.51. The van der Waals surface area contributed by atoms with E-state index < -0.39 is 30.9 Å². The van der Waals surface area contributed by atoms with Crippen LogP contribution in [0.3, 0.4) is 0 Å². The minimum absolute atomic E-state index is 0.428. The molecule has 0 radical (unpaired) electrons. The molecule has 0 unspecified atom stereocenters. The second kappa shape index (κ2) is 8.28. The maximum Gasteiger partial charge on any atom is 0.319 e. The molecule has 7 heteroatoms. The highest BCUT2D eigenvalue weighted by Gasteiger charge is 2.27. The smallest absolute Gasteiger partial charge is 0.319 e. The number of carbonyl (C=O) groups excluding carboxylic acids is 1. The summed E-state index contributed by atoms with van der Waals surface area (Å²) in [4.78, 5) is 34.4. The number of nitrogens with zero attached hydrogens (tertiary/aromatic N) is 2. The van der Waals surface area contributed by atoms with Gasteiger partial charge in [0.1, 0.15) is 13.1 Å². The summed E-state index contributed by atoms with van der Waals surface area (Å²) >= 11 is 0. The highest BCUT2D eigenvalue weighted by molar-refractivity contribution is 5.93. The summed E-state index contributed by atoms with van der Waals surface area (Å²) in [5, 5.41) is 20.3. The monoisotopic (exact) mass is 322 g/mol. The number of aliphatic carboxylic acids is 2. The average molecular weight is 322 g/mol. The minimum atomic E-state index is -1.20. The number of benzene rings is 1. The number of para-hydroxylation sites is 1. The number of rotatable bonds is 8. The van der Waals surface area contributed by atoms with E-state index in [0.29, 0.717) is 18.5 Å². The molecule has 1 aromatic rings. The van der Waals surface area contributed by atoms with Crippen molar-refractivity contribution in [1.29, 1.82) is 0 Å². The lowest BCUT2D eigenvalue weighted by Gasteiger charge is -2.34. The Morgan fingerprint density at radius 2 is 1.39 bits per heavy atom. The maximum atomic E-state index is 12.2. The van der Waals surface area contributed by atoms with Crippen LogP contribution < -0.4 is 5.01 Å². The average Bonchev–Trinajstić information content (AvgIpc) is 2.45. The van der Waals surface area contributed by atoms with Crippen LogP contribution in [0, 0.1) is 0 Å². The number of carbonyl (C=O) groups is 3. The van der Waals surface area contributed by atoms with E-state index in [9.17, 15) is 14.4 Å². The van der Waals surface area contributed by atoms with Gasteiger partial charge in [0.15, 0.2) is 0 Å². The Morgan fingerprint density at radius 3 is 1.70 bits per heavy atom. The molecule has 2 N–H and O–H groups in total. The van der Waals surface area contributed by atoms with Crippen LogP contribution in [0.1, 0.15) is 31.9 Å². The SMILES string of the molecule is CCc1cccc(CC)c1N(C(C)=O)N(CC(=O)O)CC(=O)O. The van der Waals surface area contributed by atoms with Crippen LogP contribution in [0.15, 0.2) is 18.2 Å². The van der Waals surface area contributed by atoms with Gasteiger partial charge in [-0.15, -0.1) is 0 Å². The van der Waals surface area contributed by atoms with E-state index >= 15 is 0 Å². The topological polar surface area (TPSA) is 98.2 Å². The van der Waals surface area contributed by atoms with Gasteiger partial charge in [0.25, 0.3) is 0 Å². The zero-order valence-corrected chi connectivity index (χ0v) is 13.6. The van der Waals surface area contributed by atoms with Crippen LogP contribution in [-0.2, 0) is 27.2 Å². The highest BCUT2D eigenvalue weighted by Crippen LogP contribution is 2.28. The molecule has 0 spiro atoms. The van der Waals surface area contributed by atoms with Crippen molar-refractivity contribution < 1.29 is 24.6 Å². The Labute approximate surface area is 135 Å². The number of hydrogen-bond donors (Lipinski definition) is 2. The summed E-state index contributed by atoms with van der Waals surface area (Å²) in [5.41, 5.74) is 2.30. The number of carboxylic acids is 2. The number of hydrogen-bond acceptors (Lipinski definition) is 4. The second-order valence-corrected chi connectivity index (χ2v) is 5.07. The van der Waals surface area contributed by atoms with Crippen LogP contribution in [0.2, 0.25) is 0 Å².